The Hall–Kier alpha value is -1.84. The number of hydrogen-bond acceptors (Lipinski definition) is 3. The number of imide groups is 1. The van der Waals surface area contributed by atoms with Gasteiger partial charge in [-0.25, -0.2) is 0 Å². The first kappa shape index (κ1) is 14.6. The second-order valence-electron chi connectivity index (χ2n) is 5.17. The lowest BCUT2D eigenvalue weighted by Gasteiger charge is -2.10. The third-order valence-corrected chi connectivity index (χ3v) is 3.68. The number of hydrogen-bond donors (Lipinski definition) is 0. The fourth-order valence-electron chi connectivity index (χ4n) is 2.35. The summed E-state index contributed by atoms with van der Waals surface area (Å²) in [6.45, 7) is 2.88. The maximum Gasteiger partial charge on any atom is 0.236 e. The van der Waals surface area contributed by atoms with Crippen LogP contribution in [-0.4, -0.2) is 30.4 Å². The summed E-state index contributed by atoms with van der Waals surface area (Å²) in [6, 6.07) is 7.50. The van der Waals surface area contributed by atoms with Gasteiger partial charge in [-0.15, -0.1) is 0 Å². The lowest BCUT2D eigenvalue weighted by Crippen LogP contribution is -2.25. The van der Waals surface area contributed by atoms with Crippen LogP contribution in [-0.2, 0) is 9.59 Å². The minimum absolute atomic E-state index is 0.111. The molecule has 20 heavy (non-hydrogen) atoms. The molecule has 4 heteroatoms. The third kappa shape index (κ3) is 3.18. The van der Waals surface area contributed by atoms with Gasteiger partial charge in [0, 0.05) is 13.5 Å². The number of unbranched alkanes of at least 4 members (excludes halogenated alkanes) is 2. The topological polar surface area (TPSA) is 46.6 Å². The van der Waals surface area contributed by atoms with Crippen molar-refractivity contribution in [1.29, 1.82) is 0 Å². The molecule has 1 saturated heterocycles. The van der Waals surface area contributed by atoms with E-state index in [0.29, 0.717) is 0 Å². The molecule has 1 atom stereocenters. The Labute approximate surface area is 119 Å². The highest BCUT2D eigenvalue weighted by molar-refractivity contribution is 6.05. The predicted octanol–water partition coefficient (Wildman–Crippen LogP) is 2.73. The van der Waals surface area contributed by atoms with E-state index in [4.69, 9.17) is 4.74 Å². The van der Waals surface area contributed by atoms with Crippen molar-refractivity contribution in [2.24, 2.45) is 0 Å². The van der Waals surface area contributed by atoms with E-state index in [-0.39, 0.29) is 24.2 Å². The molecule has 0 aliphatic carbocycles. The van der Waals surface area contributed by atoms with E-state index in [1.54, 1.807) is 0 Å². The molecule has 1 heterocycles. The Morgan fingerprint density at radius 2 is 1.90 bits per heavy atom. The van der Waals surface area contributed by atoms with Gasteiger partial charge in [-0.1, -0.05) is 31.9 Å². The van der Waals surface area contributed by atoms with E-state index in [1.165, 1.54) is 24.8 Å². The van der Waals surface area contributed by atoms with Crippen LogP contribution in [0.2, 0.25) is 0 Å². The van der Waals surface area contributed by atoms with E-state index < -0.39 is 0 Å². The van der Waals surface area contributed by atoms with Gasteiger partial charge in [-0.2, -0.15) is 0 Å². The Morgan fingerprint density at radius 3 is 2.45 bits per heavy atom. The quantitative estimate of drug-likeness (QED) is 0.592. The molecule has 1 aliphatic heterocycles. The fraction of sp³-hybridized carbons (Fsp3) is 0.500. The Kier molecular flexibility index (Phi) is 4.77. The normalized spacial score (nSPS) is 18.7. The smallest absolute Gasteiger partial charge is 0.236 e. The van der Waals surface area contributed by atoms with Gasteiger partial charge in [0.15, 0.2) is 0 Å². The maximum absolute atomic E-state index is 11.9. The van der Waals surface area contributed by atoms with Crippen molar-refractivity contribution in [2.75, 3.05) is 13.7 Å². The fourth-order valence-corrected chi connectivity index (χ4v) is 2.35. The monoisotopic (exact) mass is 275 g/mol. The summed E-state index contributed by atoms with van der Waals surface area (Å²) in [7, 11) is 1.54. The zero-order valence-electron chi connectivity index (χ0n) is 12.1. The number of rotatable bonds is 6. The molecule has 2 amide bonds. The molecule has 1 unspecified atom stereocenters. The van der Waals surface area contributed by atoms with E-state index in [1.807, 2.05) is 24.3 Å². The summed E-state index contributed by atoms with van der Waals surface area (Å²) in [5, 5.41) is 0. The molecule has 2 rings (SSSR count). The summed E-state index contributed by atoms with van der Waals surface area (Å²) in [5.74, 6) is 0.253. The molecule has 4 nitrogen and oxygen atoms in total. The van der Waals surface area contributed by atoms with Gasteiger partial charge in [0.05, 0.1) is 12.5 Å². The highest BCUT2D eigenvalue weighted by atomic mass is 16.5. The summed E-state index contributed by atoms with van der Waals surface area (Å²) < 4.78 is 5.63. The minimum atomic E-state index is -0.332. The van der Waals surface area contributed by atoms with Gasteiger partial charge in [0.25, 0.3) is 0 Å². The SMILES string of the molecule is CCCCCOc1ccc(C2CC(=O)N(C)C2=O)cc1. The van der Waals surface area contributed by atoms with Crippen molar-refractivity contribution in [1.82, 2.24) is 4.90 Å². The van der Waals surface area contributed by atoms with Gasteiger partial charge < -0.3 is 4.74 Å². The Morgan fingerprint density at radius 1 is 1.20 bits per heavy atom. The van der Waals surface area contributed by atoms with Gasteiger partial charge in [0.1, 0.15) is 5.75 Å². The average Bonchev–Trinajstić information content (AvgIpc) is 2.72. The zero-order chi connectivity index (χ0) is 14.5. The van der Waals surface area contributed by atoms with Crippen molar-refractivity contribution < 1.29 is 14.3 Å². The van der Waals surface area contributed by atoms with E-state index in [0.717, 1.165) is 24.3 Å². The number of nitrogens with zero attached hydrogens (tertiary/aromatic N) is 1. The standard InChI is InChI=1S/C16H21NO3/c1-3-4-5-10-20-13-8-6-12(7-9-13)14-11-15(18)17(2)16(14)19/h6-9,14H,3-5,10-11H2,1-2H3. The zero-order valence-corrected chi connectivity index (χ0v) is 12.1. The van der Waals surface area contributed by atoms with Crippen molar-refractivity contribution in [3.05, 3.63) is 29.8 Å². The van der Waals surface area contributed by atoms with Crippen molar-refractivity contribution in [2.45, 2.75) is 38.5 Å². The molecular formula is C16H21NO3. The molecular weight excluding hydrogens is 254 g/mol. The number of likely N-dealkylation sites (N-methyl/N-ethyl adjacent to an activating group) is 1. The van der Waals surface area contributed by atoms with Crippen LogP contribution in [0.15, 0.2) is 24.3 Å². The highest BCUT2D eigenvalue weighted by Crippen LogP contribution is 2.29. The Bertz CT molecular complexity index is 481. The number of carbonyl (C=O) groups is 2. The Balaban J connectivity index is 1.95. The van der Waals surface area contributed by atoms with E-state index in [2.05, 4.69) is 6.92 Å². The second-order valence-corrected chi connectivity index (χ2v) is 5.17. The average molecular weight is 275 g/mol. The number of likely N-dealkylation sites (tertiary alicyclic amines) is 1. The van der Waals surface area contributed by atoms with E-state index in [9.17, 15) is 9.59 Å². The number of ether oxygens (including phenoxy) is 1. The summed E-state index contributed by atoms with van der Waals surface area (Å²) >= 11 is 0. The maximum atomic E-state index is 11.9. The van der Waals surface area contributed by atoms with Crippen molar-refractivity contribution >= 4 is 11.8 Å². The molecule has 1 aromatic carbocycles. The molecule has 0 N–H and O–H groups in total. The third-order valence-electron chi connectivity index (χ3n) is 3.68. The highest BCUT2D eigenvalue weighted by Gasteiger charge is 2.36. The molecule has 1 aliphatic rings. The molecule has 0 aromatic heterocycles. The van der Waals surface area contributed by atoms with Crippen LogP contribution in [0.5, 0.6) is 5.75 Å². The first-order valence-electron chi connectivity index (χ1n) is 7.16. The summed E-state index contributed by atoms with van der Waals surface area (Å²) in [6.07, 6.45) is 3.67. The molecule has 0 saturated carbocycles. The van der Waals surface area contributed by atoms with Crippen LogP contribution in [0.3, 0.4) is 0 Å². The largest absolute Gasteiger partial charge is 0.494 e. The van der Waals surface area contributed by atoms with Crippen LogP contribution < -0.4 is 4.74 Å². The van der Waals surface area contributed by atoms with E-state index >= 15 is 0 Å². The molecule has 0 bridgehead atoms. The van der Waals surface area contributed by atoms with Crippen molar-refractivity contribution in [3.63, 3.8) is 0 Å². The minimum Gasteiger partial charge on any atom is -0.494 e. The van der Waals surface area contributed by atoms with Gasteiger partial charge in [-0.3, -0.25) is 14.5 Å². The van der Waals surface area contributed by atoms with Gasteiger partial charge in [-0.05, 0) is 24.1 Å². The number of benzene rings is 1. The first-order valence-corrected chi connectivity index (χ1v) is 7.16. The number of amides is 2. The van der Waals surface area contributed by atoms with Crippen molar-refractivity contribution in [3.8, 4) is 5.75 Å². The van der Waals surface area contributed by atoms with Crippen LogP contribution in [0.4, 0.5) is 0 Å². The van der Waals surface area contributed by atoms with Crippen LogP contribution in [0, 0.1) is 0 Å². The van der Waals surface area contributed by atoms with Gasteiger partial charge >= 0.3 is 0 Å². The van der Waals surface area contributed by atoms with Crippen LogP contribution in [0.1, 0.15) is 44.1 Å². The lowest BCUT2D eigenvalue weighted by molar-refractivity contribution is -0.137. The van der Waals surface area contributed by atoms with Crippen LogP contribution >= 0.6 is 0 Å². The predicted molar refractivity (Wildman–Crippen MR) is 76.6 cm³/mol. The van der Waals surface area contributed by atoms with Crippen LogP contribution in [0.25, 0.3) is 0 Å². The second kappa shape index (κ2) is 6.55. The first-order chi connectivity index (χ1) is 9.63. The molecule has 0 radical (unpaired) electrons. The molecule has 108 valence electrons. The molecule has 0 spiro atoms. The lowest BCUT2D eigenvalue weighted by atomic mass is 9.97. The summed E-state index contributed by atoms with van der Waals surface area (Å²) in [4.78, 5) is 24.6. The van der Waals surface area contributed by atoms with Gasteiger partial charge in [0.2, 0.25) is 11.8 Å². The number of carbonyl (C=O) groups excluding carboxylic acids is 2. The molecule has 1 fully saturated rings. The molecule has 1 aromatic rings. The summed E-state index contributed by atoms with van der Waals surface area (Å²) in [5.41, 5.74) is 0.883.